The molecule has 0 unspecified atom stereocenters. The Kier molecular flexibility index (Phi) is 13.1. The van der Waals surface area contributed by atoms with Gasteiger partial charge in [0, 0.05) is 31.8 Å². The normalized spacial score (nSPS) is 22.0. The molecule has 2 saturated heterocycles. The van der Waals surface area contributed by atoms with Crippen LogP contribution in [0.4, 0.5) is 0 Å². The third-order valence-electron chi connectivity index (χ3n) is 8.65. The van der Waals surface area contributed by atoms with E-state index < -0.39 is 17.5 Å². The first-order valence-corrected chi connectivity index (χ1v) is 16.1. The fourth-order valence-electron chi connectivity index (χ4n) is 6.10. The molecule has 2 heterocycles. The second-order valence-corrected chi connectivity index (χ2v) is 14.5. The van der Waals surface area contributed by atoms with Crippen LogP contribution in [0.5, 0.6) is 0 Å². The molecule has 0 aliphatic carbocycles. The Morgan fingerprint density at radius 3 is 2.07 bits per heavy atom. The van der Waals surface area contributed by atoms with Gasteiger partial charge in [-0.15, -0.1) is 0 Å². The Morgan fingerprint density at radius 2 is 1.52 bits per heavy atom. The van der Waals surface area contributed by atoms with Crippen LogP contribution in [-0.4, -0.2) is 95.2 Å². The third-order valence-corrected chi connectivity index (χ3v) is 8.65. The topological polar surface area (TPSA) is 102 Å². The van der Waals surface area contributed by atoms with Crippen LogP contribution in [0.2, 0.25) is 0 Å². The van der Waals surface area contributed by atoms with E-state index in [0.29, 0.717) is 31.0 Å². The SMILES string of the molecule is C/C(=C\[C@H](C(C)C)N(C)C(=O)[C@@H](NC(=O)[C@H]1CCCCN1C(C)C)C(C)(C)C)C(=O)N1CCC[C@H]1C(=O)NCC(C)C. The average molecular weight is 590 g/mol. The first-order chi connectivity index (χ1) is 19.5. The standard InChI is InChI=1S/C33H59N5O4/c1-21(2)20-34-29(39)25-16-14-18-38(25)31(41)24(7)19-27(22(3)4)36(11)32(42)28(33(8,9)10)35-30(40)26-15-12-13-17-37(26)23(5)6/h19,21-23,25-28H,12-18,20H2,1-11H3,(H,34,39)(H,35,40)/b24-19+/t25-,26+,27+,28+/m0/s1. The molecule has 4 atom stereocenters. The molecule has 2 aliphatic rings. The largest absolute Gasteiger partial charge is 0.354 e. The molecule has 0 aromatic carbocycles. The predicted molar refractivity (Wildman–Crippen MR) is 169 cm³/mol. The quantitative estimate of drug-likeness (QED) is 0.355. The maximum atomic E-state index is 14.1. The van der Waals surface area contributed by atoms with Gasteiger partial charge < -0.3 is 20.4 Å². The zero-order chi connectivity index (χ0) is 31.9. The lowest BCUT2D eigenvalue weighted by molar-refractivity contribution is -0.142. The van der Waals surface area contributed by atoms with Crippen molar-refractivity contribution < 1.29 is 19.2 Å². The molecule has 2 N–H and O–H groups in total. The lowest BCUT2D eigenvalue weighted by atomic mass is 9.84. The maximum absolute atomic E-state index is 14.1. The van der Waals surface area contributed by atoms with E-state index in [4.69, 9.17) is 0 Å². The summed E-state index contributed by atoms with van der Waals surface area (Å²) in [6.45, 7) is 22.0. The van der Waals surface area contributed by atoms with Gasteiger partial charge in [0.15, 0.2) is 0 Å². The highest BCUT2D eigenvalue weighted by molar-refractivity contribution is 5.97. The smallest absolute Gasteiger partial charge is 0.249 e. The zero-order valence-corrected chi connectivity index (χ0v) is 28.3. The van der Waals surface area contributed by atoms with Crippen molar-refractivity contribution in [2.45, 2.75) is 132 Å². The first kappa shape index (κ1) is 35.8. The van der Waals surface area contributed by atoms with Crippen LogP contribution < -0.4 is 10.6 Å². The van der Waals surface area contributed by atoms with Crippen molar-refractivity contribution in [3.05, 3.63) is 11.6 Å². The number of piperidine rings is 1. The van der Waals surface area contributed by atoms with E-state index in [1.165, 1.54) is 0 Å². The average Bonchev–Trinajstić information content (AvgIpc) is 3.41. The Hall–Kier alpha value is -2.42. The van der Waals surface area contributed by atoms with Gasteiger partial charge in [0.2, 0.25) is 23.6 Å². The number of carbonyl (C=O) groups is 4. The Bertz CT molecular complexity index is 983. The summed E-state index contributed by atoms with van der Waals surface area (Å²) >= 11 is 0. The number of nitrogens with zero attached hydrogens (tertiary/aromatic N) is 3. The van der Waals surface area contributed by atoms with Crippen LogP contribution in [0.15, 0.2) is 11.6 Å². The van der Waals surface area contributed by atoms with Gasteiger partial charge >= 0.3 is 0 Å². The molecular weight excluding hydrogens is 530 g/mol. The minimum Gasteiger partial charge on any atom is -0.354 e. The summed E-state index contributed by atoms with van der Waals surface area (Å²) in [6.07, 6.45) is 6.16. The number of amides is 4. The first-order valence-electron chi connectivity index (χ1n) is 16.1. The third kappa shape index (κ3) is 9.29. The molecule has 0 bridgehead atoms. The van der Waals surface area contributed by atoms with Gasteiger partial charge in [-0.3, -0.25) is 24.1 Å². The van der Waals surface area contributed by atoms with Gasteiger partial charge in [0.1, 0.15) is 12.1 Å². The van der Waals surface area contributed by atoms with E-state index in [2.05, 4.69) is 29.4 Å². The summed E-state index contributed by atoms with van der Waals surface area (Å²) in [6, 6.07) is -1.54. The number of likely N-dealkylation sites (tertiary alicyclic amines) is 2. The fourth-order valence-corrected chi connectivity index (χ4v) is 6.10. The van der Waals surface area contributed by atoms with Gasteiger partial charge in [0.05, 0.1) is 12.1 Å². The van der Waals surface area contributed by atoms with Gasteiger partial charge in [-0.25, -0.2) is 0 Å². The van der Waals surface area contributed by atoms with Gasteiger partial charge in [-0.05, 0) is 70.3 Å². The zero-order valence-electron chi connectivity index (χ0n) is 28.3. The molecule has 0 aromatic rings. The Balaban J connectivity index is 2.25. The lowest BCUT2D eigenvalue weighted by Gasteiger charge is -2.41. The highest BCUT2D eigenvalue weighted by Crippen LogP contribution is 2.27. The molecule has 240 valence electrons. The van der Waals surface area contributed by atoms with Crippen molar-refractivity contribution in [1.82, 2.24) is 25.3 Å². The minimum absolute atomic E-state index is 0.0245. The molecule has 2 aliphatic heterocycles. The van der Waals surface area contributed by atoms with Gasteiger partial charge in [-0.1, -0.05) is 61.0 Å². The lowest BCUT2D eigenvalue weighted by Crippen LogP contribution is -2.60. The monoisotopic (exact) mass is 589 g/mol. The summed E-state index contributed by atoms with van der Waals surface area (Å²) in [5, 5.41) is 6.10. The van der Waals surface area contributed by atoms with Crippen molar-refractivity contribution in [1.29, 1.82) is 0 Å². The van der Waals surface area contributed by atoms with E-state index in [0.717, 1.165) is 32.2 Å². The number of hydrogen-bond donors (Lipinski definition) is 2. The van der Waals surface area contributed by atoms with Crippen molar-refractivity contribution >= 4 is 23.6 Å². The van der Waals surface area contributed by atoms with E-state index >= 15 is 0 Å². The van der Waals surface area contributed by atoms with E-state index in [1.54, 1.807) is 23.8 Å². The molecule has 0 aromatic heterocycles. The second kappa shape index (κ2) is 15.3. The van der Waals surface area contributed by atoms with Crippen LogP contribution in [0, 0.1) is 17.3 Å². The second-order valence-electron chi connectivity index (χ2n) is 14.5. The fraction of sp³-hybridized carbons (Fsp3) is 0.818. The molecule has 0 saturated carbocycles. The van der Waals surface area contributed by atoms with Crippen LogP contribution in [0.1, 0.15) is 101 Å². The summed E-state index contributed by atoms with van der Waals surface area (Å²) in [5.41, 5.74) is 0.00336. The van der Waals surface area contributed by atoms with E-state index in [-0.39, 0.29) is 47.7 Å². The van der Waals surface area contributed by atoms with Crippen LogP contribution in [0.3, 0.4) is 0 Å². The summed E-state index contributed by atoms with van der Waals surface area (Å²) in [5.74, 6) is -0.187. The van der Waals surface area contributed by atoms with Gasteiger partial charge in [-0.2, -0.15) is 0 Å². The van der Waals surface area contributed by atoms with Crippen LogP contribution in [0.25, 0.3) is 0 Å². The number of carbonyl (C=O) groups excluding carboxylic acids is 4. The number of rotatable bonds is 11. The summed E-state index contributed by atoms with van der Waals surface area (Å²) in [4.78, 5) is 59.6. The maximum Gasteiger partial charge on any atom is 0.249 e. The predicted octanol–water partition coefficient (Wildman–Crippen LogP) is 3.97. The van der Waals surface area contributed by atoms with Crippen molar-refractivity contribution in [3.63, 3.8) is 0 Å². The van der Waals surface area contributed by atoms with Crippen molar-refractivity contribution in [2.75, 3.05) is 26.7 Å². The summed E-state index contributed by atoms with van der Waals surface area (Å²) < 4.78 is 0. The van der Waals surface area contributed by atoms with E-state index in [9.17, 15) is 19.2 Å². The number of hydrogen-bond acceptors (Lipinski definition) is 5. The van der Waals surface area contributed by atoms with Crippen molar-refractivity contribution in [3.8, 4) is 0 Å². The van der Waals surface area contributed by atoms with E-state index in [1.807, 2.05) is 54.5 Å². The molecule has 0 spiro atoms. The molecule has 9 heteroatoms. The minimum atomic E-state index is -0.718. The number of nitrogens with one attached hydrogen (secondary N) is 2. The van der Waals surface area contributed by atoms with Crippen LogP contribution >= 0.6 is 0 Å². The molecule has 9 nitrogen and oxygen atoms in total. The summed E-state index contributed by atoms with van der Waals surface area (Å²) in [7, 11) is 1.76. The molecule has 42 heavy (non-hydrogen) atoms. The van der Waals surface area contributed by atoms with Crippen LogP contribution in [-0.2, 0) is 19.2 Å². The molecular formula is C33H59N5O4. The Morgan fingerprint density at radius 1 is 0.905 bits per heavy atom. The van der Waals surface area contributed by atoms with Crippen molar-refractivity contribution in [2.24, 2.45) is 17.3 Å². The Labute approximate surface area is 255 Å². The number of likely N-dealkylation sites (N-methyl/N-ethyl adjacent to an activating group) is 1. The van der Waals surface area contributed by atoms with Gasteiger partial charge in [0.25, 0.3) is 0 Å². The molecule has 2 fully saturated rings. The molecule has 2 rings (SSSR count). The highest BCUT2D eigenvalue weighted by atomic mass is 16.2. The highest BCUT2D eigenvalue weighted by Gasteiger charge is 2.40. The molecule has 4 amide bonds. The molecule has 0 radical (unpaired) electrons.